The van der Waals surface area contributed by atoms with Crippen LogP contribution in [0.4, 0.5) is 4.39 Å². The molecule has 0 atom stereocenters. The number of imidazole rings is 1. The van der Waals surface area contributed by atoms with Crippen molar-refractivity contribution in [2.24, 2.45) is 0 Å². The first-order valence-corrected chi connectivity index (χ1v) is 8.67. The lowest BCUT2D eigenvalue weighted by molar-refractivity contribution is 0.396. The first kappa shape index (κ1) is 16.1. The number of sulfone groups is 1. The normalized spacial score (nSPS) is 11.4. The molecule has 0 N–H and O–H groups in total. The van der Waals surface area contributed by atoms with Gasteiger partial charge in [-0.15, -0.1) is 0 Å². The number of rotatable bonds is 5. The van der Waals surface area contributed by atoms with Gasteiger partial charge < -0.3 is 4.74 Å². The van der Waals surface area contributed by atoms with Gasteiger partial charge in [-0.3, -0.25) is 4.57 Å². The summed E-state index contributed by atoms with van der Waals surface area (Å²) in [5.74, 6) is -0.466. The van der Waals surface area contributed by atoms with Gasteiger partial charge in [0.05, 0.1) is 18.5 Å². The zero-order valence-electron chi connectivity index (χ0n) is 12.8. The molecule has 3 rings (SSSR count). The van der Waals surface area contributed by atoms with Crippen molar-refractivity contribution in [3.05, 3.63) is 66.4 Å². The van der Waals surface area contributed by atoms with Crippen LogP contribution in [0, 0.1) is 5.82 Å². The second kappa shape index (κ2) is 6.40. The lowest BCUT2D eigenvalue weighted by atomic mass is 10.3. The van der Waals surface area contributed by atoms with Crippen LogP contribution in [0.3, 0.4) is 0 Å². The maximum atomic E-state index is 13.4. The molecule has 0 saturated heterocycles. The van der Waals surface area contributed by atoms with Crippen molar-refractivity contribution in [3.63, 3.8) is 0 Å². The minimum Gasteiger partial charge on any atom is -0.481 e. The average molecular weight is 347 g/mol. The second-order valence-corrected chi connectivity index (χ2v) is 6.87. The van der Waals surface area contributed by atoms with Crippen LogP contribution in [-0.4, -0.2) is 30.1 Å². The molecule has 24 heavy (non-hydrogen) atoms. The lowest BCUT2D eigenvalue weighted by Crippen LogP contribution is -2.13. The molecule has 1 aromatic carbocycles. The van der Waals surface area contributed by atoms with E-state index < -0.39 is 15.7 Å². The number of aromatic nitrogens is 3. The highest BCUT2D eigenvalue weighted by molar-refractivity contribution is 7.90. The number of hydrogen-bond donors (Lipinski definition) is 0. The van der Waals surface area contributed by atoms with E-state index in [-0.39, 0.29) is 10.9 Å². The van der Waals surface area contributed by atoms with Crippen LogP contribution in [0.25, 0.3) is 5.69 Å². The molecule has 6 nitrogen and oxygen atoms in total. The summed E-state index contributed by atoms with van der Waals surface area (Å²) in [6, 6.07) is 10.5. The average Bonchev–Trinajstić information content (AvgIpc) is 3.05. The topological polar surface area (TPSA) is 74.1 Å². The molecule has 0 saturated carbocycles. The molecular formula is C16H14FN3O3S. The van der Waals surface area contributed by atoms with Gasteiger partial charge in [-0.1, -0.05) is 12.1 Å². The quantitative estimate of drug-likeness (QED) is 0.708. The fourth-order valence-corrected chi connectivity index (χ4v) is 3.62. The Bertz CT molecular complexity index is 970. The van der Waals surface area contributed by atoms with E-state index in [4.69, 9.17) is 4.74 Å². The fraction of sp³-hybridized carbons (Fsp3) is 0.125. The summed E-state index contributed by atoms with van der Waals surface area (Å²) >= 11 is 0. The Morgan fingerprint density at radius 3 is 2.75 bits per heavy atom. The van der Waals surface area contributed by atoms with Gasteiger partial charge in [0, 0.05) is 18.5 Å². The predicted octanol–water partition coefficient (Wildman–Crippen LogP) is 2.39. The van der Waals surface area contributed by atoms with Crippen molar-refractivity contribution in [2.45, 2.75) is 10.9 Å². The Balaban J connectivity index is 1.98. The van der Waals surface area contributed by atoms with Gasteiger partial charge in [0.25, 0.3) is 0 Å². The van der Waals surface area contributed by atoms with Crippen molar-refractivity contribution in [1.82, 2.24) is 14.5 Å². The third-order valence-corrected chi connectivity index (χ3v) is 4.83. The van der Waals surface area contributed by atoms with Crippen LogP contribution in [0.15, 0.2) is 60.0 Å². The van der Waals surface area contributed by atoms with Crippen LogP contribution in [-0.2, 0) is 15.6 Å². The van der Waals surface area contributed by atoms with Gasteiger partial charge in [0.2, 0.25) is 20.9 Å². The van der Waals surface area contributed by atoms with Gasteiger partial charge in [-0.05, 0) is 24.3 Å². The minimum absolute atomic E-state index is 0.169. The lowest BCUT2D eigenvalue weighted by Gasteiger charge is -2.09. The molecule has 0 fully saturated rings. The first-order valence-electron chi connectivity index (χ1n) is 7.01. The van der Waals surface area contributed by atoms with Crippen molar-refractivity contribution in [3.8, 4) is 11.6 Å². The van der Waals surface area contributed by atoms with Crippen LogP contribution in [0.5, 0.6) is 5.88 Å². The molecule has 2 aromatic heterocycles. The third kappa shape index (κ3) is 3.28. The zero-order chi connectivity index (χ0) is 17.2. The number of nitrogens with zero attached hydrogens (tertiary/aromatic N) is 3. The monoisotopic (exact) mass is 347 g/mol. The van der Waals surface area contributed by atoms with Gasteiger partial charge in [0.15, 0.2) is 0 Å². The van der Waals surface area contributed by atoms with Crippen LogP contribution in [0.2, 0.25) is 0 Å². The summed E-state index contributed by atoms with van der Waals surface area (Å²) in [6.45, 7) is 0. The predicted molar refractivity (Wildman–Crippen MR) is 85.2 cm³/mol. The summed E-state index contributed by atoms with van der Waals surface area (Å²) in [6.07, 6.45) is 2.83. The van der Waals surface area contributed by atoms with Crippen molar-refractivity contribution < 1.29 is 17.5 Å². The van der Waals surface area contributed by atoms with E-state index in [9.17, 15) is 12.8 Å². The van der Waals surface area contributed by atoms with Gasteiger partial charge in [-0.25, -0.2) is 22.8 Å². The highest BCUT2D eigenvalue weighted by Gasteiger charge is 2.23. The van der Waals surface area contributed by atoms with Gasteiger partial charge >= 0.3 is 0 Å². The van der Waals surface area contributed by atoms with Crippen LogP contribution >= 0.6 is 0 Å². The molecule has 0 aliphatic heterocycles. The maximum absolute atomic E-state index is 13.4. The smallest absolute Gasteiger partial charge is 0.232 e. The summed E-state index contributed by atoms with van der Waals surface area (Å²) in [5.41, 5.74) is 0.716. The van der Waals surface area contributed by atoms with Gasteiger partial charge in [-0.2, -0.15) is 0 Å². The maximum Gasteiger partial charge on any atom is 0.232 e. The van der Waals surface area contributed by atoms with Gasteiger partial charge in [0.1, 0.15) is 11.6 Å². The zero-order valence-corrected chi connectivity index (χ0v) is 13.6. The molecule has 0 aliphatic rings. The molecular weight excluding hydrogens is 333 g/mol. The number of methoxy groups -OCH3 is 1. The van der Waals surface area contributed by atoms with E-state index in [1.165, 1.54) is 42.3 Å². The largest absolute Gasteiger partial charge is 0.481 e. The molecule has 0 aliphatic carbocycles. The molecule has 0 bridgehead atoms. The molecule has 0 unspecified atom stereocenters. The molecule has 2 heterocycles. The molecule has 0 radical (unpaired) electrons. The van der Waals surface area contributed by atoms with E-state index in [0.717, 1.165) is 0 Å². The molecule has 3 aromatic rings. The van der Waals surface area contributed by atoms with E-state index in [0.29, 0.717) is 17.3 Å². The van der Waals surface area contributed by atoms with Crippen molar-refractivity contribution in [2.75, 3.05) is 7.11 Å². The van der Waals surface area contributed by atoms with Crippen molar-refractivity contribution >= 4 is 9.84 Å². The number of pyridine rings is 1. The molecule has 0 spiro atoms. The molecule has 0 amide bonds. The Morgan fingerprint density at radius 1 is 1.21 bits per heavy atom. The minimum atomic E-state index is -3.78. The highest BCUT2D eigenvalue weighted by Crippen LogP contribution is 2.20. The number of ether oxygens (including phenoxy) is 1. The number of halogens is 1. The Kier molecular flexibility index (Phi) is 4.30. The summed E-state index contributed by atoms with van der Waals surface area (Å²) in [4.78, 5) is 8.03. The van der Waals surface area contributed by atoms with Crippen LogP contribution < -0.4 is 4.74 Å². The van der Waals surface area contributed by atoms with Crippen molar-refractivity contribution in [1.29, 1.82) is 0 Å². The fourth-order valence-electron chi connectivity index (χ4n) is 2.25. The molecule has 8 heteroatoms. The summed E-state index contributed by atoms with van der Waals surface area (Å²) < 4.78 is 45.1. The molecule has 124 valence electrons. The standard InChI is InChI=1S/C16H14FN3O3S/c1-23-15-7-3-5-13(19-15)11-24(21,22)16-18-8-9-20(16)14-6-2-4-12(17)10-14/h2-10H,11H2,1H3. The van der Waals surface area contributed by atoms with E-state index >= 15 is 0 Å². The third-order valence-electron chi connectivity index (χ3n) is 3.30. The van der Waals surface area contributed by atoms with E-state index in [1.807, 2.05) is 0 Å². The summed E-state index contributed by atoms with van der Waals surface area (Å²) in [5, 5.41) is -0.169. The highest BCUT2D eigenvalue weighted by atomic mass is 32.2. The second-order valence-electron chi connectivity index (χ2n) is 4.99. The SMILES string of the molecule is COc1cccc(CS(=O)(=O)c2nccn2-c2cccc(F)c2)n1. The van der Waals surface area contributed by atoms with Crippen LogP contribution in [0.1, 0.15) is 5.69 Å². The number of hydrogen-bond acceptors (Lipinski definition) is 5. The summed E-state index contributed by atoms with van der Waals surface area (Å²) in [7, 11) is -2.32. The number of benzene rings is 1. The van der Waals surface area contributed by atoms with E-state index in [2.05, 4.69) is 9.97 Å². The Labute approximate surface area is 138 Å². The van der Waals surface area contributed by atoms with E-state index in [1.54, 1.807) is 24.3 Å². The Morgan fingerprint density at radius 2 is 2.00 bits per heavy atom. The first-order chi connectivity index (χ1) is 11.5. The Hall–Kier alpha value is -2.74.